The van der Waals surface area contributed by atoms with Crippen LogP contribution >= 0.6 is 11.8 Å². The maximum Gasteiger partial charge on any atom is 0.119 e. The standard InChI is InChI=1S/C13H19NO2S/c1-16-10-3-2-4-11(7-10)17-12-5-6-13(14,8-12)9-15/h2-4,7,12,15H,5-6,8-9,14H2,1H3. The molecule has 0 spiro atoms. The van der Waals surface area contributed by atoms with Gasteiger partial charge in [0, 0.05) is 15.7 Å². The highest BCUT2D eigenvalue weighted by Gasteiger charge is 2.35. The first-order valence-electron chi connectivity index (χ1n) is 5.86. The van der Waals surface area contributed by atoms with Crippen molar-refractivity contribution in [3.05, 3.63) is 24.3 Å². The molecule has 3 nitrogen and oxygen atoms in total. The zero-order valence-corrected chi connectivity index (χ0v) is 10.9. The van der Waals surface area contributed by atoms with Gasteiger partial charge in [0.15, 0.2) is 0 Å². The van der Waals surface area contributed by atoms with Crippen LogP contribution in [0.5, 0.6) is 5.75 Å². The monoisotopic (exact) mass is 253 g/mol. The molecule has 2 rings (SSSR count). The Morgan fingerprint density at radius 1 is 1.59 bits per heavy atom. The van der Waals surface area contributed by atoms with Crippen LogP contribution in [0.1, 0.15) is 19.3 Å². The summed E-state index contributed by atoms with van der Waals surface area (Å²) in [7, 11) is 1.68. The molecule has 1 aromatic carbocycles. The van der Waals surface area contributed by atoms with Crippen molar-refractivity contribution in [2.45, 2.75) is 34.9 Å². The normalized spacial score (nSPS) is 28.3. The van der Waals surface area contributed by atoms with E-state index in [-0.39, 0.29) is 12.1 Å². The van der Waals surface area contributed by atoms with Crippen molar-refractivity contribution in [2.24, 2.45) is 5.73 Å². The maximum absolute atomic E-state index is 9.24. The molecule has 2 atom stereocenters. The van der Waals surface area contributed by atoms with Crippen molar-refractivity contribution < 1.29 is 9.84 Å². The molecular formula is C13H19NO2S. The summed E-state index contributed by atoms with van der Waals surface area (Å²) in [5.41, 5.74) is 5.71. The van der Waals surface area contributed by atoms with Gasteiger partial charge in [-0.3, -0.25) is 0 Å². The first-order chi connectivity index (χ1) is 8.15. The topological polar surface area (TPSA) is 55.5 Å². The SMILES string of the molecule is COc1cccc(SC2CCC(N)(CO)C2)c1. The quantitative estimate of drug-likeness (QED) is 0.862. The zero-order valence-electron chi connectivity index (χ0n) is 10.1. The molecule has 3 N–H and O–H groups in total. The lowest BCUT2D eigenvalue weighted by atomic mass is 10.0. The molecule has 0 bridgehead atoms. The van der Waals surface area contributed by atoms with E-state index in [4.69, 9.17) is 10.5 Å². The van der Waals surface area contributed by atoms with Gasteiger partial charge in [-0.15, -0.1) is 11.8 Å². The van der Waals surface area contributed by atoms with Gasteiger partial charge < -0.3 is 15.6 Å². The summed E-state index contributed by atoms with van der Waals surface area (Å²) < 4.78 is 5.20. The van der Waals surface area contributed by atoms with Crippen LogP contribution in [0.3, 0.4) is 0 Å². The summed E-state index contributed by atoms with van der Waals surface area (Å²) in [5, 5.41) is 9.74. The number of ether oxygens (including phenoxy) is 1. The molecule has 0 heterocycles. The summed E-state index contributed by atoms with van der Waals surface area (Å²) >= 11 is 1.83. The first kappa shape index (κ1) is 12.7. The molecule has 0 radical (unpaired) electrons. The van der Waals surface area contributed by atoms with Crippen molar-refractivity contribution in [2.75, 3.05) is 13.7 Å². The number of thioether (sulfide) groups is 1. The smallest absolute Gasteiger partial charge is 0.119 e. The van der Waals surface area contributed by atoms with E-state index in [0.717, 1.165) is 25.0 Å². The molecular weight excluding hydrogens is 234 g/mol. The summed E-state index contributed by atoms with van der Waals surface area (Å²) in [6, 6.07) is 8.07. The predicted molar refractivity (Wildman–Crippen MR) is 70.5 cm³/mol. The van der Waals surface area contributed by atoms with Gasteiger partial charge in [-0.05, 0) is 37.5 Å². The van der Waals surface area contributed by atoms with E-state index in [9.17, 15) is 5.11 Å². The van der Waals surface area contributed by atoms with E-state index in [1.165, 1.54) is 4.90 Å². The van der Waals surface area contributed by atoms with E-state index in [2.05, 4.69) is 6.07 Å². The highest BCUT2D eigenvalue weighted by molar-refractivity contribution is 8.00. The number of nitrogens with two attached hydrogens (primary N) is 1. The Labute approximate surface area is 106 Å². The Hall–Kier alpha value is -0.710. The van der Waals surface area contributed by atoms with E-state index < -0.39 is 0 Å². The molecule has 0 aromatic heterocycles. The molecule has 1 aromatic rings. The summed E-state index contributed by atoms with van der Waals surface area (Å²) in [6.45, 7) is 0.0855. The number of rotatable bonds is 4. The second-order valence-corrected chi connectivity index (χ2v) is 6.06. The molecule has 94 valence electrons. The Kier molecular flexibility index (Phi) is 3.97. The zero-order chi connectivity index (χ0) is 12.3. The molecule has 1 fully saturated rings. The molecule has 4 heteroatoms. The van der Waals surface area contributed by atoms with E-state index in [0.29, 0.717) is 5.25 Å². The average Bonchev–Trinajstić information content (AvgIpc) is 2.72. The summed E-state index contributed by atoms with van der Waals surface area (Å²) in [4.78, 5) is 1.21. The third-order valence-corrected chi connectivity index (χ3v) is 4.52. The fourth-order valence-electron chi connectivity index (χ4n) is 2.22. The lowest BCUT2D eigenvalue weighted by Gasteiger charge is -2.20. The molecule has 0 aliphatic heterocycles. The van der Waals surface area contributed by atoms with Crippen molar-refractivity contribution in [3.63, 3.8) is 0 Å². The summed E-state index contributed by atoms with van der Waals surface area (Å²) in [5.74, 6) is 0.883. The third-order valence-electron chi connectivity index (χ3n) is 3.26. The van der Waals surface area contributed by atoms with Gasteiger partial charge in [-0.1, -0.05) is 6.07 Å². The number of aliphatic hydroxyl groups is 1. The van der Waals surface area contributed by atoms with Gasteiger partial charge in [0.1, 0.15) is 5.75 Å². The van der Waals surface area contributed by atoms with Gasteiger partial charge in [0.25, 0.3) is 0 Å². The first-order valence-corrected chi connectivity index (χ1v) is 6.74. The van der Waals surface area contributed by atoms with Crippen LogP contribution in [0.2, 0.25) is 0 Å². The Morgan fingerprint density at radius 2 is 2.41 bits per heavy atom. The molecule has 1 aliphatic rings. The largest absolute Gasteiger partial charge is 0.497 e. The van der Waals surface area contributed by atoms with Crippen molar-refractivity contribution in [3.8, 4) is 5.75 Å². The second-order valence-electron chi connectivity index (χ2n) is 4.68. The minimum atomic E-state index is -0.365. The fraction of sp³-hybridized carbons (Fsp3) is 0.538. The van der Waals surface area contributed by atoms with Gasteiger partial charge in [-0.25, -0.2) is 0 Å². The average molecular weight is 253 g/mol. The lowest BCUT2D eigenvalue weighted by molar-refractivity contribution is 0.200. The minimum Gasteiger partial charge on any atom is -0.497 e. The number of benzene rings is 1. The van der Waals surface area contributed by atoms with Crippen LogP contribution in [-0.4, -0.2) is 29.6 Å². The maximum atomic E-state index is 9.24. The highest BCUT2D eigenvalue weighted by atomic mass is 32.2. The van der Waals surface area contributed by atoms with E-state index >= 15 is 0 Å². The Morgan fingerprint density at radius 3 is 3.06 bits per heavy atom. The van der Waals surface area contributed by atoms with Gasteiger partial charge in [-0.2, -0.15) is 0 Å². The van der Waals surface area contributed by atoms with Crippen LogP contribution in [0.4, 0.5) is 0 Å². The van der Waals surface area contributed by atoms with Gasteiger partial charge in [0.05, 0.1) is 13.7 Å². The molecule has 17 heavy (non-hydrogen) atoms. The lowest BCUT2D eigenvalue weighted by Crippen LogP contribution is -2.40. The number of aliphatic hydroxyl groups excluding tert-OH is 1. The van der Waals surface area contributed by atoms with Crippen LogP contribution < -0.4 is 10.5 Å². The summed E-state index contributed by atoms with van der Waals surface area (Å²) in [6.07, 6.45) is 2.86. The number of hydrogen-bond acceptors (Lipinski definition) is 4. The number of methoxy groups -OCH3 is 1. The minimum absolute atomic E-state index is 0.0855. The van der Waals surface area contributed by atoms with Crippen molar-refractivity contribution >= 4 is 11.8 Å². The van der Waals surface area contributed by atoms with Gasteiger partial charge >= 0.3 is 0 Å². The van der Waals surface area contributed by atoms with Crippen LogP contribution in [0.15, 0.2) is 29.2 Å². The molecule has 0 amide bonds. The van der Waals surface area contributed by atoms with Crippen molar-refractivity contribution in [1.29, 1.82) is 0 Å². The fourth-order valence-corrected chi connectivity index (χ4v) is 3.59. The molecule has 0 saturated heterocycles. The second kappa shape index (κ2) is 5.29. The Balaban J connectivity index is 1.98. The Bertz CT molecular complexity index is 385. The van der Waals surface area contributed by atoms with E-state index in [1.54, 1.807) is 7.11 Å². The third kappa shape index (κ3) is 3.15. The highest BCUT2D eigenvalue weighted by Crippen LogP contribution is 2.39. The molecule has 2 unspecified atom stereocenters. The van der Waals surface area contributed by atoms with Crippen LogP contribution in [0.25, 0.3) is 0 Å². The molecule has 1 aliphatic carbocycles. The van der Waals surface area contributed by atoms with Crippen molar-refractivity contribution in [1.82, 2.24) is 0 Å². The van der Waals surface area contributed by atoms with E-state index in [1.807, 2.05) is 30.0 Å². The van der Waals surface area contributed by atoms with Crippen LogP contribution in [0, 0.1) is 0 Å². The predicted octanol–water partition coefficient (Wildman–Crippen LogP) is 2.03. The number of hydrogen-bond donors (Lipinski definition) is 2. The molecule has 1 saturated carbocycles. The van der Waals surface area contributed by atoms with Gasteiger partial charge in [0.2, 0.25) is 0 Å². The van der Waals surface area contributed by atoms with Crippen LogP contribution in [-0.2, 0) is 0 Å².